The van der Waals surface area contributed by atoms with Gasteiger partial charge in [0.2, 0.25) is 0 Å². The quantitative estimate of drug-likeness (QED) is 0.628. The summed E-state index contributed by atoms with van der Waals surface area (Å²) in [5, 5.41) is 18.3. The molecule has 0 saturated carbocycles. The van der Waals surface area contributed by atoms with Crippen LogP contribution in [0.25, 0.3) is 0 Å². The molecule has 0 aliphatic rings. The lowest BCUT2D eigenvalue weighted by Crippen LogP contribution is -2.06. The van der Waals surface area contributed by atoms with Gasteiger partial charge in [0.05, 0.1) is 20.7 Å². The lowest BCUT2D eigenvalue weighted by Gasteiger charge is -2.16. The summed E-state index contributed by atoms with van der Waals surface area (Å²) in [7, 11) is 0. The molecule has 0 saturated heterocycles. The molecule has 0 bridgehead atoms. The van der Waals surface area contributed by atoms with E-state index in [1.807, 2.05) is 23.8 Å². The fourth-order valence-electron chi connectivity index (χ4n) is 1.62. The molecular weight excluding hydrogens is 307 g/mol. The van der Waals surface area contributed by atoms with Crippen molar-refractivity contribution in [3.05, 3.63) is 54.7 Å². The van der Waals surface area contributed by atoms with Crippen LogP contribution < -0.4 is 5.32 Å². The smallest absolute Gasteiger partial charge is 0.272 e. The average Bonchev–Trinajstić information content (AvgIpc) is 2.86. The Morgan fingerprint density at radius 3 is 2.47 bits per heavy atom. The molecule has 1 aromatic carbocycles. The van der Waals surface area contributed by atoms with Crippen LogP contribution in [0.1, 0.15) is 18.5 Å². The van der Waals surface area contributed by atoms with Crippen molar-refractivity contribution in [1.82, 2.24) is 0 Å². The molecule has 0 amide bonds. The molecule has 2 aromatic rings. The molecule has 19 heavy (non-hydrogen) atoms. The van der Waals surface area contributed by atoms with Gasteiger partial charge in [0.25, 0.3) is 5.69 Å². The van der Waals surface area contributed by atoms with E-state index in [1.165, 1.54) is 12.1 Å². The van der Waals surface area contributed by atoms with Gasteiger partial charge in [-0.15, -0.1) is 0 Å². The van der Waals surface area contributed by atoms with Crippen LogP contribution in [-0.2, 0) is 0 Å². The van der Waals surface area contributed by atoms with Crippen LogP contribution in [0.5, 0.6) is 0 Å². The van der Waals surface area contributed by atoms with Gasteiger partial charge >= 0.3 is 0 Å². The second kappa shape index (κ2) is 5.77. The largest absolute Gasteiger partial charge is 0.376 e. The predicted octanol–water partition coefficient (Wildman–Crippen LogP) is 5.14. The van der Waals surface area contributed by atoms with E-state index in [0.29, 0.717) is 5.69 Å². The van der Waals surface area contributed by atoms with E-state index < -0.39 is 4.92 Å². The summed E-state index contributed by atoms with van der Waals surface area (Å²) in [6.07, 6.45) is 0. The van der Waals surface area contributed by atoms with Crippen molar-refractivity contribution in [1.29, 1.82) is 0 Å². The van der Waals surface area contributed by atoms with E-state index in [-0.39, 0.29) is 21.8 Å². The minimum Gasteiger partial charge on any atom is -0.376 e. The highest BCUT2D eigenvalue weighted by atomic mass is 35.5. The van der Waals surface area contributed by atoms with Crippen LogP contribution in [0.15, 0.2) is 29.0 Å². The van der Waals surface area contributed by atoms with Crippen molar-refractivity contribution in [3.63, 3.8) is 0 Å². The van der Waals surface area contributed by atoms with E-state index in [4.69, 9.17) is 23.2 Å². The minimum absolute atomic E-state index is 0.0164. The molecular formula is C12H10Cl2N2O2S. The summed E-state index contributed by atoms with van der Waals surface area (Å²) in [5.74, 6) is 0. The lowest BCUT2D eigenvalue weighted by molar-refractivity contribution is -0.384. The first-order chi connectivity index (χ1) is 8.99. The number of non-ortho nitro benzene ring substituents is 1. The first-order valence-corrected chi connectivity index (χ1v) is 7.11. The van der Waals surface area contributed by atoms with Crippen LogP contribution in [0.3, 0.4) is 0 Å². The molecule has 1 atom stereocenters. The summed E-state index contributed by atoms with van der Waals surface area (Å²) in [6, 6.07) is 4.59. The van der Waals surface area contributed by atoms with Crippen molar-refractivity contribution in [3.8, 4) is 0 Å². The molecule has 4 nitrogen and oxygen atoms in total. The van der Waals surface area contributed by atoms with Crippen molar-refractivity contribution in [2.24, 2.45) is 0 Å². The lowest BCUT2D eigenvalue weighted by atomic mass is 10.1. The summed E-state index contributed by atoms with van der Waals surface area (Å²) in [5.41, 5.74) is 1.49. The Hall–Kier alpha value is -1.30. The standard InChI is InChI=1S/C12H10Cl2N2O2S/c1-7(8-2-3-19-6-8)15-12-10(13)4-9(16(17)18)5-11(12)14/h2-7,15H,1H3. The minimum atomic E-state index is -0.524. The number of benzene rings is 1. The topological polar surface area (TPSA) is 55.2 Å². The van der Waals surface area contributed by atoms with E-state index in [0.717, 1.165) is 5.56 Å². The second-order valence-corrected chi connectivity index (χ2v) is 5.56. The van der Waals surface area contributed by atoms with Crippen molar-refractivity contribution < 1.29 is 4.92 Å². The van der Waals surface area contributed by atoms with Crippen LogP contribution >= 0.6 is 34.5 Å². The molecule has 1 N–H and O–H groups in total. The normalized spacial score (nSPS) is 12.2. The number of hydrogen-bond acceptors (Lipinski definition) is 4. The predicted molar refractivity (Wildman–Crippen MR) is 79.5 cm³/mol. The Morgan fingerprint density at radius 1 is 1.37 bits per heavy atom. The fraction of sp³-hybridized carbons (Fsp3) is 0.167. The highest BCUT2D eigenvalue weighted by Gasteiger charge is 2.16. The zero-order valence-corrected chi connectivity index (χ0v) is 12.2. The van der Waals surface area contributed by atoms with Gasteiger partial charge in [-0.3, -0.25) is 10.1 Å². The molecule has 1 aromatic heterocycles. The van der Waals surface area contributed by atoms with E-state index in [1.54, 1.807) is 11.3 Å². The SMILES string of the molecule is CC(Nc1c(Cl)cc([N+](=O)[O-])cc1Cl)c1ccsc1. The van der Waals surface area contributed by atoms with E-state index in [9.17, 15) is 10.1 Å². The molecule has 7 heteroatoms. The van der Waals surface area contributed by atoms with E-state index in [2.05, 4.69) is 5.32 Å². The van der Waals surface area contributed by atoms with Crippen LogP contribution in [-0.4, -0.2) is 4.92 Å². The van der Waals surface area contributed by atoms with Crippen LogP contribution in [0.4, 0.5) is 11.4 Å². The third-order valence-corrected chi connectivity index (χ3v) is 3.94. The monoisotopic (exact) mass is 316 g/mol. The van der Waals surface area contributed by atoms with Crippen molar-refractivity contribution in [2.45, 2.75) is 13.0 Å². The average molecular weight is 317 g/mol. The zero-order chi connectivity index (χ0) is 14.0. The molecule has 100 valence electrons. The number of thiophene rings is 1. The van der Waals surface area contributed by atoms with Gasteiger partial charge in [0, 0.05) is 18.2 Å². The highest BCUT2D eigenvalue weighted by molar-refractivity contribution is 7.08. The number of nitro benzene ring substituents is 1. The fourth-order valence-corrected chi connectivity index (χ4v) is 2.96. The second-order valence-electron chi connectivity index (χ2n) is 3.96. The van der Waals surface area contributed by atoms with Gasteiger partial charge in [-0.25, -0.2) is 0 Å². The Morgan fingerprint density at radius 2 is 2.00 bits per heavy atom. The van der Waals surface area contributed by atoms with Crippen molar-refractivity contribution >= 4 is 45.9 Å². The molecule has 0 radical (unpaired) electrons. The molecule has 2 rings (SSSR count). The number of nitrogens with zero attached hydrogens (tertiary/aromatic N) is 1. The van der Waals surface area contributed by atoms with E-state index >= 15 is 0 Å². The Balaban J connectivity index is 2.28. The molecule has 0 spiro atoms. The van der Waals surface area contributed by atoms with Crippen LogP contribution in [0, 0.1) is 10.1 Å². The zero-order valence-electron chi connectivity index (χ0n) is 9.89. The molecule has 1 heterocycles. The molecule has 1 unspecified atom stereocenters. The number of rotatable bonds is 4. The Labute approximate surface area is 124 Å². The summed E-state index contributed by atoms with van der Waals surface area (Å²) in [4.78, 5) is 10.2. The molecule has 0 aliphatic carbocycles. The van der Waals surface area contributed by atoms with Gasteiger partial charge in [-0.2, -0.15) is 11.3 Å². The third kappa shape index (κ3) is 3.18. The Bertz CT molecular complexity index is 579. The highest BCUT2D eigenvalue weighted by Crippen LogP contribution is 2.36. The molecule has 0 aliphatic heterocycles. The number of anilines is 1. The number of hydrogen-bond donors (Lipinski definition) is 1. The third-order valence-electron chi connectivity index (χ3n) is 2.64. The van der Waals surface area contributed by atoms with Gasteiger partial charge in [0.15, 0.2) is 0 Å². The maximum Gasteiger partial charge on any atom is 0.272 e. The summed E-state index contributed by atoms with van der Waals surface area (Å²) >= 11 is 13.7. The van der Waals surface area contributed by atoms with Crippen LogP contribution in [0.2, 0.25) is 10.0 Å². The number of nitrogens with one attached hydrogen (secondary N) is 1. The first-order valence-electron chi connectivity index (χ1n) is 5.41. The maximum atomic E-state index is 10.7. The number of nitro groups is 1. The Kier molecular flexibility index (Phi) is 4.29. The van der Waals surface area contributed by atoms with Gasteiger partial charge in [-0.05, 0) is 29.3 Å². The van der Waals surface area contributed by atoms with Crippen molar-refractivity contribution in [2.75, 3.05) is 5.32 Å². The summed E-state index contributed by atoms with van der Waals surface area (Å²) in [6.45, 7) is 1.97. The number of halogens is 2. The summed E-state index contributed by atoms with van der Waals surface area (Å²) < 4.78 is 0. The first kappa shape index (κ1) is 14.1. The molecule has 0 fully saturated rings. The maximum absolute atomic E-state index is 10.7. The van der Waals surface area contributed by atoms with Gasteiger partial charge in [0.1, 0.15) is 0 Å². The van der Waals surface area contributed by atoms with Gasteiger partial charge in [-0.1, -0.05) is 23.2 Å². The van der Waals surface area contributed by atoms with Gasteiger partial charge < -0.3 is 5.32 Å².